The highest BCUT2D eigenvalue weighted by Crippen LogP contribution is 2.25. The van der Waals surface area contributed by atoms with E-state index < -0.39 is 48.5 Å². The van der Waals surface area contributed by atoms with Crippen molar-refractivity contribution in [1.82, 2.24) is 0 Å². The number of rotatable bonds is 4. The highest BCUT2D eigenvalue weighted by Gasteiger charge is 2.48. The van der Waals surface area contributed by atoms with Crippen molar-refractivity contribution >= 4 is 23.9 Å². The summed E-state index contributed by atoms with van der Waals surface area (Å²) in [6.45, 7) is 4.40. The first-order valence-electron chi connectivity index (χ1n) is 6.51. The predicted octanol–water partition coefficient (Wildman–Crippen LogP) is -0.299. The van der Waals surface area contributed by atoms with Crippen LogP contribution < -0.4 is 0 Å². The normalized spacial score (nSPS) is 27.5. The third-order valence-corrected chi connectivity index (χ3v) is 2.59. The van der Waals surface area contributed by atoms with Crippen molar-refractivity contribution in [3.8, 4) is 0 Å². The Morgan fingerprint density at radius 3 is 1.64 bits per heavy atom. The summed E-state index contributed by atoms with van der Waals surface area (Å²) in [5.74, 6) is -2.68. The zero-order valence-electron chi connectivity index (χ0n) is 12.7. The number of hydrogen-bond donors (Lipinski definition) is 0. The number of carbonyl (C=O) groups is 4. The van der Waals surface area contributed by atoms with Crippen LogP contribution in [0.5, 0.6) is 0 Å². The summed E-state index contributed by atoms with van der Waals surface area (Å²) in [4.78, 5) is 44.7. The van der Waals surface area contributed by atoms with Crippen LogP contribution in [0.15, 0.2) is 0 Å². The Kier molecular flexibility index (Phi) is 6.29. The Morgan fingerprint density at radius 1 is 0.727 bits per heavy atom. The maximum Gasteiger partial charge on any atom is 0.305 e. The zero-order valence-corrected chi connectivity index (χ0v) is 12.7. The Labute approximate surface area is 126 Å². The lowest BCUT2D eigenvalue weighted by molar-refractivity contribution is -0.273. The van der Waals surface area contributed by atoms with Gasteiger partial charge in [-0.3, -0.25) is 19.2 Å². The van der Waals surface area contributed by atoms with Crippen LogP contribution >= 0.6 is 0 Å². The standard InChI is InChI=1S/C13H18O9/c1-6(14)19-10-5-18-13(22-9(4)17)12(21-8(3)16)11(10)20-7(2)15/h10-13H,5H2,1-4H3/t10-,11+,12-,13?/m1/s1. The quantitative estimate of drug-likeness (QED) is 0.509. The van der Waals surface area contributed by atoms with Gasteiger partial charge in [0.1, 0.15) is 0 Å². The maximum absolute atomic E-state index is 11.3. The first-order valence-corrected chi connectivity index (χ1v) is 6.51. The fraction of sp³-hybridized carbons (Fsp3) is 0.692. The van der Waals surface area contributed by atoms with Gasteiger partial charge in [-0.25, -0.2) is 0 Å². The number of carbonyl (C=O) groups excluding carboxylic acids is 4. The molecular formula is C13H18O9. The van der Waals surface area contributed by atoms with E-state index in [0.717, 1.165) is 20.8 Å². The monoisotopic (exact) mass is 318 g/mol. The zero-order chi connectivity index (χ0) is 16.9. The molecular weight excluding hydrogens is 300 g/mol. The molecule has 1 unspecified atom stereocenters. The summed E-state index contributed by atoms with van der Waals surface area (Å²) in [5, 5.41) is 0. The predicted molar refractivity (Wildman–Crippen MR) is 68.2 cm³/mol. The molecule has 1 aliphatic heterocycles. The van der Waals surface area contributed by atoms with Crippen molar-refractivity contribution in [3.63, 3.8) is 0 Å². The van der Waals surface area contributed by atoms with Gasteiger partial charge in [-0.05, 0) is 0 Å². The molecule has 0 amide bonds. The smallest absolute Gasteiger partial charge is 0.305 e. The van der Waals surface area contributed by atoms with E-state index in [-0.39, 0.29) is 6.61 Å². The van der Waals surface area contributed by atoms with Gasteiger partial charge in [-0.1, -0.05) is 0 Å². The van der Waals surface area contributed by atoms with Gasteiger partial charge in [-0.15, -0.1) is 0 Å². The summed E-state index contributed by atoms with van der Waals surface area (Å²) < 4.78 is 25.2. The second-order valence-corrected chi connectivity index (χ2v) is 4.61. The van der Waals surface area contributed by atoms with Gasteiger partial charge in [0, 0.05) is 27.7 Å². The average molecular weight is 318 g/mol. The Bertz CT molecular complexity index is 416. The highest BCUT2D eigenvalue weighted by molar-refractivity contribution is 5.69. The van der Waals surface area contributed by atoms with E-state index in [9.17, 15) is 19.2 Å². The van der Waals surface area contributed by atoms with Gasteiger partial charge in [-0.2, -0.15) is 0 Å². The van der Waals surface area contributed by atoms with Gasteiger partial charge in [0.15, 0.2) is 12.2 Å². The van der Waals surface area contributed by atoms with E-state index in [2.05, 4.69) is 0 Å². The lowest BCUT2D eigenvalue weighted by Crippen LogP contribution is -2.58. The summed E-state index contributed by atoms with van der Waals surface area (Å²) in [6, 6.07) is 0. The van der Waals surface area contributed by atoms with Gasteiger partial charge < -0.3 is 23.7 Å². The third kappa shape index (κ3) is 5.32. The van der Waals surface area contributed by atoms with Crippen molar-refractivity contribution in [1.29, 1.82) is 0 Å². The van der Waals surface area contributed by atoms with E-state index in [0.29, 0.717) is 0 Å². The van der Waals surface area contributed by atoms with Crippen LogP contribution in [0.25, 0.3) is 0 Å². The van der Waals surface area contributed by atoms with Crippen LogP contribution in [-0.4, -0.2) is 55.1 Å². The first-order chi connectivity index (χ1) is 10.2. The molecule has 0 aromatic heterocycles. The molecule has 9 nitrogen and oxygen atoms in total. The summed E-state index contributed by atoms with van der Waals surface area (Å²) >= 11 is 0. The maximum atomic E-state index is 11.3. The summed E-state index contributed by atoms with van der Waals surface area (Å²) in [7, 11) is 0. The molecule has 1 saturated heterocycles. The Balaban J connectivity index is 3.03. The van der Waals surface area contributed by atoms with Gasteiger partial charge in [0.25, 0.3) is 0 Å². The molecule has 0 N–H and O–H groups in total. The minimum absolute atomic E-state index is 0.187. The fourth-order valence-electron chi connectivity index (χ4n) is 1.97. The molecule has 0 saturated carbocycles. The van der Waals surface area contributed by atoms with E-state index in [4.69, 9.17) is 23.7 Å². The Morgan fingerprint density at radius 2 is 1.18 bits per heavy atom. The van der Waals surface area contributed by atoms with E-state index >= 15 is 0 Å². The van der Waals surface area contributed by atoms with Crippen molar-refractivity contribution in [3.05, 3.63) is 0 Å². The Hall–Kier alpha value is -2.16. The van der Waals surface area contributed by atoms with Crippen LogP contribution in [0.1, 0.15) is 27.7 Å². The molecule has 1 heterocycles. The molecule has 1 fully saturated rings. The van der Waals surface area contributed by atoms with Gasteiger partial charge >= 0.3 is 23.9 Å². The van der Waals surface area contributed by atoms with Gasteiger partial charge in [0.05, 0.1) is 6.61 Å². The van der Waals surface area contributed by atoms with Crippen LogP contribution in [0, 0.1) is 0 Å². The molecule has 1 rings (SSSR count). The number of esters is 4. The van der Waals surface area contributed by atoms with Crippen LogP contribution in [0.3, 0.4) is 0 Å². The van der Waals surface area contributed by atoms with Crippen LogP contribution in [0.2, 0.25) is 0 Å². The highest BCUT2D eigenvalue weighted by atomic mass is 16.7. The van der Waals surface area contributed by atoms with E-state index in [1.807, 2.05) is 0 Å². The molecule has 0 aromatic carbocycles. The molecule has 0 radical (unpaired) electrons. The molecule has 9 heteroatoms. The summed E-state index contributed by atoms with van der Waals surface area (Å²) in [5.41, 5.74) is 0. The fourth-order valence-corrected chi connectivity index (χ4v) is 1.97. The van der Waals surface area contributed by atoms with Gasteiger partial charge in [0.2, 0.25) is 12.4 Å². The molecule has 1 aliphatic rings. The second kappa shape index (κ2) is 7.74. The third-order valence-electron chi connectivity index (χ3n) is 2.59. The number of hydrogen-bond acceptors (Lipinski definition) is 9. The van der Waals surface area contributed by atoms with Crippen LogP contribution in [-0.2, 0) is 42.9 Å². The van der Waals surface area contributed by atoms with Crippen molar-refractivity contribution < 1.29 is 42.9 Å². The van der Waals surface area contributed by atoms with Crippen LogP contribution in [0.4, 0.5) is 0 Å². The topological polar surface area (TPSA) is 114 Å². The minimum Gasteiger partial charge on any atom is -0.456 e. The molecule has 22 heavy (non-hydrogen) atoms. The number of ether oxygens (including phenoxy) is 5. The molecule has 0 aliphatic carbocycles. The first kappa shape index (κ1) is 17.9. The molecule has 0 bridgehead atoms. The second-order valence-electron chi connectivity index (χ2n) is 4.61. The van der Waals surface area contributed by atoms with Crippen molar-refractivity contribution in [2.24, 2.45) is 0 Å². The lowest BCUT2D eigenvalue weighted by atomic mass is 10.0. The summed E-state index contributed by atoms with van der Waals surface area (Å²) in [6.07, 6.45) is -4.65. The van der Waals surface area contributed by atoms with Crippen molar-refractivity contribution in [2.75, 3.05) is 6.61 Å². The molecule has 124 valence electrons. The van der Waals surface area contributed by atoms with E-state index in [1.54, 1.807) is 0 Å². The molecule has 0 spiro atoms. The van der Waals surface area contributed by atoms with Crippen molar-refractivity contribution in [2.45, 2.75) is 52.3 Å². The van der Waals surface area contributed by atoms with E-state index in [1.165, 1.54) is 6.92 Å². The lowest BCUT2D eigenvalue weighted by Gasteiger charge is -2.39. The molecule has 0 aromatic rings. The minimum atomic E-state index is -1.27. The largest absolute Gasteiger partial charge is 0.456 e. The molecule has 4 atom stereocenters. The average Bonchev–Trinajstić information content (AvgIpc) is 2.34. The SMILES string of the molecule is CC(=O)OC1OC[C@@H](OC(C)=O)[C@H](OC(C)=O)[C@H]1OC(C)=O.